The van der Waals surface area contributed by atoms with Gasteiger partial charge in [-0.25, -0.2) is 0 Å². The van der Waals surface area contributed by atoms with Crippen LogP contribution in [0.3, 0.4) is 0 Å². The standard InChI is InChI=1S/C13H18N/c1-2-3-4-6-11-7-5-8-12-9-10-14-13(11)12/h5,7-8,14H,1-4,6,9-10H2. The summed E-state index contributed by atoms with van der Waals surface area (Å²) in [6.07, 6.45) is 5.96. The lowest BCUT2D eigenvalue weighted by molar-refractivity contribution is 0.747. The number of para-hydroxylation sites is 1. The Labute approximate surface area is 86.5 Å². The van der Waals surface area contributed by atoms with Crippen LogP contribution in [0.2, 0.25) is 0 Å². The summed E-state index contributed by atoms with van der Waals surface area (Å²) in [6, 6.07) is 6.67. The van der Waals surface area contributed by atoms with Crippen LogP contribution >= 0.6 is 0 Å². The Hall–Kier alpha value is -0.980. The summed E-state index contributed by atoms with van der Waals surface area (Å²) in [5.41, 5.74) is 4.40. The van der Waals surface area contributed by atoms with Gasteiger partial charge in [-0.2, -0.15) is 0 Å². The highest BCUT2D eigenvalue weighted by Crippen LogP contribution is 2.27. The molecule has 1 radical (unpaired) electrons. The highest BCUT2D eigenvalue weighted by molar-refractivity contribution is 5.61. The van der Waals surface area contributed by atoms with Crippen molar-refractivity contribution < 1.29 is 0 Å². The van der Waals surface area contributed by atoms with Gasteiger partial charge in [-0.05, 0) is 30.4 Å². The number of benzene rings is 1. The van der Waals surface area contributed by atoms with Crippen LogP contribution in [0.5, 0.6) is 0 Å². The largest absolute Gasteiger partial charge is 0.384 e. The van der Waals surface area contributed by atoms with Crippen LogP contribution in [0.25, 0.3) is 0 Å². The van der Waals surface area contributed by atoms with Gasteiger partial charge in [0.1, 0.15) is 0 Å². The predicted octanol–water partition coefficient (Wildman–Crippen LogP) is 3.20. The van der Waals surface area contributed by atoms with Gasteiger partial charge in [0.25, 0.3) is 0 Å². The predicted molar refractivity (Wildman–Crippen MR) is 61.5 cm³/mol. The third-order valence-electron chi connectivity index (χ3n) is 2.88. The van der Waals surface area contributed by atoms with Gasteiger partial charge in [0, 0.05) is 12.2 Å². The molecular weight excluding hydrogens is 170 g/mol. The monoisotopic (exact) mass is 188 g/mol. The number of aryl methyl sites for hydroxylation is 1. The van der Waals surface area contributed by atoms with E-state index < -0.39 is 0 Å². The van der Waals surface area contributed by atoms with Crippen molar-refractivity contribution in [3.63, 3.8) is 0 Å². The molecule has 1 nitrogen and oxygen atoms in total. The highest BCUT2D eigenvalue weighted by atomic mass is 14.9. The second-order valence-electron chi connectivity index (χ2n) is 3.94. The molecule has 0 unspecified atom stereocenters. The number of anilines is 1. The molecule has 1 aliphatic heterocycles. The molecule has 0 saturated heterocycles. The number of nitrogens with one attached hydrogen (secondary N) is 1. The van der Waals surface area contributed by atoms with Crippen molar-refractivity contribution in [2.75, 3.05) is 11.9 Å². The first-order chi connectivity index (χ1) is 6.92. The summed E-state index contributed by atoms with van der Waals surface area (Å²) in [7, 11) is 0. The molecule has 1 heteroatoms. The summed E-state index contributed by atoms with van der Waals surface area (Å²) in [5, 5.41) is 3.48. The van der Waals surface area contributed by atoms with Crippen molar-refractivity contribution >= 4 is 5.69 Å². The molecule has 0 atom stereocenters. The lowest BCUT2D eigenvalue weighted by atomic mass is 10.0. The number of unbranched alkanes of at least 4 members (excludes halogenated alkanes) is 2. The smallest absolute Gasteiger partial charge is 0.0406 e. The minimum atomic E-state index is 1.06. The van der Waals surface area contributed by atoms with Crippen LogP contribution in [-0.2, 0) is 12.8 Å². The Morgan fingerprint density at radius 3 is 3.07 bits per heavy atom. The summed E-state index contributed by atoms with van der Waals surface area (Å²) >= 11 is 0. The summed E-state index contributed by atoms with van der Waals surface area (Å²) < 4.78 is 0. The Morgan fingerprint density at radius 2 is 2.21 bits per heavy atom. The topological polar surface area (TPSA) is 12.0 Å². The Balaban J connectivity index is 2.06. The maximum atomic E-state index is 3.87. The summed E-state index contributed by atoms with van der Waals surface area (Å²) in [5.74, 6) is 0. The Kier molecular flexibility index (Phi) is 3.07. The second kappa shape index (κ2) is 4.50. The van der Waals surface area contributed by atoms with Crippen molar-refractivity contribution in [1.29, 1.82) is 0 Å². The van der Waals surface area contributed by atoms with Crippen molar-refractivity contribution in [3.8, 4) is 0 Å². The van der Waals surface area contributed by atoms with E-state index in [9.17, 15) is 0 Å². The van der Waals surface area contributed by atoms with E-state index >= 15 is 0 Å². The third-order valence-corrected chi connectivity index (χ3v) is 2.88. The second-order valence-corrected chi connectivity index (χ2v) is 3.94. The van der Waals surface area contributed by atoms with E-state index in [2.05, 4.69) is 30.4 Å². The minimum Gasteiger partial charge on any atom is -0.384 e. The third kappa shape index (κ3) is 1.92. The molecule has 75 valence electrons. The van der Waals surface area contributed by atoms with Gasteiger partial charge in [0.2, 0.25) is 0 Å². The van der Waals surface area contributed by atoms with Crippen LogP contribution in [-0.4, -0.2) is 6.54 Å². The van der Waals surface area contributed by atoms with Crippen LogP contribution in [0.15, 0.2) is 18.2 Å². The molecule has 0 fully saturated rings. The van der Waals surface area contributed by atoms with Gasteiger partial charge in [-0.1, -0.05) is 38.0 Å². The van der Waals surface area contributed by atoms with Gasteiger partial charge < -0.3 is 5.32 Å². The van der Waals surface area contributed by atoms with E-state index in [4.69, 9.17) is 0 Å². The Bertz CT molecular complexity index is 304. The highest BCUT2D eigenvalue weighted by Gasteiger charge is 2.12. The van der Waals surface area contributed by atoms with Crippen LogP contribution < -0.4 is 5.32 Å². The molecule has 0 saturated carbocycles. The van der Waals surface area contributed by atoms with Gasteiger partial charge in [-0.15, -0.1) is 0 Å². The first kappa shape index (κ1) is 9.57. The molecule has 0 aromatic heterocycles. The molecular formula is C13H18N. The van der Waals surface area contributed by atoms with E-state index in [-0.39, 0.29) is 0 Å². The summed E-state index contributed by atoms with van der Waals surface area (Å²) in [6.45, 7) is 4.99. The molecule has 0 bridgehead atoms. The fraction of sp³-hybridized carbons (Fsp3) is 0.462. The molecule has 0 spiro atoms. The fourth-order valence-corrected chi connectivity index (χ4v) is 2.11. The van der Waals surface area contributed by atoms with E-state index in [1.165, 1.54) is 42.5 Å². The van der Waals surface area contributed by atoms with E-state index in [1.807, 2.05) is 0 Å². The first-order valence-electron chi connectivity index (χ1n) is 5.55. The van der Waals surface area contributed by atoms with Crippen LogP contribution in [0.4, 0.5) is 5.69 Å². The molecule has 1 heterocycles. The van der Waals surface area contributed by atoms with Crippen molar-refractivity contribution in [2.45, 2.75) is 32.1 Å². The van der Waals surface area contributed by atoms with Gasteiger partial charge >= 0.3 is 0 Å². The molecule has 1 N–H and O–H groups in total. The van der Waals surface area contributed by atoms with E-state index in [0.717, 1.165) is 13.0 Å². The lowest BCUT2D eigenvalue weighted by Crippen LogP contribution is -1.96. The number of hydrogen-bond acceptors (Lipinski definition) is 1. The fourth-order valence-electron chi connectivity index (χ4n) is 2.11. The molecule has 1 aliphatic rings. The average Bonchev–Trinajstić information content (AvgIpc) is 2.67. The first-order valence-corrected chi connectivity index (χ1v) is 5.55. The zero-order chi connectivity index (χ0) is 9.80. The molecule has 2 rings (SSSR count). The SMILES string of the molecule is [CH2]CCCCc1cccc2c1NCC2. The number of fused-ring (bicyclic) bond motifs is 1. The van der Waals surface area contributed by atoms with Crippen molar-refractivity contribution in [2.24, 2.45) is 0 Å². The van der Waals surface area contributed by atoms with Crippen molar-refractivity contribution in [3.05, 3.63) is 36.2 Å². The van der Waals surface area contributed by atoms with Gasteiger partial charge in [0.15, 0.2) is 0 Å². The van der Waals surface area contributed by atoms with E-state index in [1.54, 1.807) is 0 Å². The zero-order valence-electron chi connectivity index (χ0n) is 8.68. The number of rotatable bonds is 4. The number of hydrogen-bond donors (Lipinski definition) is 1. The molecule has 1 aromatic rings. The molecule has 1 aromatic carbocycles. The maximum absolute atomic E-state index is 3.87. The van der Waals surface area contributed by atoms with Crippen LogP contribution in [0.1, 0.15) is 30.4 Å². The summed E-state index contributed by atoms with van der Waals surface area (Å²) in [4.78, 5) is 0. The lowest BCUT2D eigenvalue weighted by Gasteiger charge is -2.07. The molecule has 0 amide bonds. The molecule has 0 aliphatic carbocycles. The molecule has 14 heavy (non-hydrogen) atoms. The van der Waals surface area contributed by atoms with Crippen LogP contribution in [0, 0.1) is 6.92 Å². The van der Waals surface area contributed by atoms with Gasteiger partial charge in [-0.3, -0.25) is 0 Å². The Morgan fingerprint density at radius 1 is 1.29 bits per heavy atom. The van der Waals surface area contributed by atoms with Gasteiger partial charge in [0.05, 0.1) is 0 Å². The maximum Gasteiger partial charge on any atom is 0.0406 e. The van der Waals surface area contributed by atoms with E-state index in [0.29, 0.717) is 0 Å². The quantitative estimate of drug-likeness (QED) is 0.715. The zero-order valence-corrected chi connectivity index (χ0v) is 8.68. The minimum absolute atomic E-state index is 1.06. The van der Waals surface area contributed by atoms with Crippen molar-refractivity contribution in [1.82, 2.24) is 0 Å². The normalized spacial score (nSPS) is 13.8. The average molecular weight is 188 g/mol.